The van der Waals surface area contributed by atoms with E-state index in [1.54, 1.807) is 0 Å². The fourth-order valence-corrected chi connectivity index (χ4v) is 2.69. The lowest BCUT2D eigenvalue weighted by Gasteiger charge is -2.20. The van der Waals surface area contributed by atoms with E-state index in [2.05, 4.69) is 15.3 Å². The molecule has 0 amide bonds. The molecule has 7 N–H and O–H groups in total. The van der Waals surface area contributed by atoms with Gasteiger partial charge in [-0.15, -0.1) is 0 Å². The highest BCUT2D eigenvalue weighted by Crippen LogP contribution is 2.34. The van der Waals surface area contributed by atoms with Crippen molar-refractivity contribution in [1.82, 2.24) is 9.97 Å². The lowest BCUT2D eigenvalue weighted by atomic mass is 10.0. The third-order valence-corrected chi connectivity index (χ3v) is 3.81. The minimum absolute atomic E-state index is 0.0187. The molecule has 1 aliphatic rings. The summed E-state index contributed by atoms with van der Waals surface area (Å²) in [4.78, 5) is 7.78. The van der Waals surface area contributed by atoms with Crippen molar-refractivity contribution in [2.45, 2.75) is 18.9 Å². The Hall–Kier alpha value is -1.31. The Balaban J connectivity index is 2.16. The molecular weight excluding hydrogens is 270 g/mol. The molecule has 1 aromatic rings. The molecule has 0 aromatic carbocycles. The smallest absolute Gasteiger partial charge is 0.223 e. The maximum atomic E-state index is 9.37. The fraction of sp³-hybridized carbons (Fsp3) is 0.636. The largest absolute Gasteiger partial charge is 0.396 e. The summed E-state index contributed by atoms with van der Waals surface area (Å²) in [7, 11) is 0. The third-order valence-electron chi connectivity index (χ3n) is 3.52. The van der Waals surface area contributed by atoms with E-state index in [0.29, 0.717) is 5.82 Å². The van der Waals surface area contributed by atoms with Crippen molar-refractivity contribution in [2.24, 2.45) is 11.8 Å². The van der Waals surface area contributed by atoms with Gasteiger partial charge in [0.25, 0.3) is 0 Å². The van der Waals surface area contributed by atoms with Crippen molar-refractivity contribution >= 4 is 29.1 Å². The lowest BCUT2D eigenvalue weighted by Crippen LogP contribution is -2.27. The molecule has 19 heavy (non-hydrogen) atoms. The van der Waals surface area contributed by atoms with E-state index in [9.17, 15) is 10.2 Å². The normalized spacial score (nSPS) is 26.6. The predicted octanol–water partition coefficient (Wildman–Crippen LogP) is 0.0857. The van der Waals surface area contributed by atoms with Crippen molar-refractivity contribution in [3.63, 3.8) is 0 Å². The van der Waals surface area contributed by atoms with Crippen molar-refractivity contribution in [1.29, 1.82) is 0 Å². The predicted molar refractivity (Wildman–Crippen MR) is 73.7 cm³/mol. The highest BCUT2D eigenvalue weighted by Gasteiger charge is 2.34. The van der Waals surface area contributed by atoms with Crippen LogP contribution < -0.4 is 16.8 Å². The number of nitrogens with two attached hydrogens (primary N) is 2. The van der Waals surface area contributed by atoms with E-state index in [1.807, 2.05) is 0 Å². The average molecular weight is 288 g/mol. The van der Waals surface area contributed by atoms with Gasteiger partial charge < -0.3 is 27.0 Å². The zero-order valence-corrected chi connectivity index (χ0v) is 11.1. The van der Waals surface area contributed by atoms with Gasteiger partial charge in [-0.25, -0.2) is 0 Å². The molecule has 0 radical (unpaired) electrons. The van der Waals surface area contributed by atoms with Crippen LogP contribution >= 0.6 is 11.6 Å². The summed E-state index contributed by atoms with van der Waals surface area (Å²) >= 11 is 5.85. The van der Waals surface area contributed by atoms with Gasteiger partial charge in [-0.05, 0) is 18.8 Å². The van der Waals surface area contributed by atoms with Gasteiger partial charge in [-0.3, -0.25) is 0 Å². The summed E-state index contributed by atoms with van der Waals surface area (Å²) in [5.74, 6) is 0.635. The van der Waals surface area contributed by atoms with E-state index in [4.69, 9.17) is 23.1 Å². The maximum absolute atomic E-state index is 9.37. The van der Waals surface area contributed by atoms with Gasteiger partial charge in [0.15, 0.2) is 11.0 Å². The first kappa shape index (κ1) is 14.1. The molecule has 1 aliphatic carbocycles. The minimum Gasteiger partial charge on any atom is -0.396 e. The van der Waals surface area contributed by atoms with Crippen LogP contribution in [0.25, 0.3) is 0 Å². The number of nitrogens with zero attached hydrogens (tertiary/aromatic N) is 2. The fourth-order valence-electron chi connectivity index (χ4n) is 2.51. The van der Waals surface area contributed by atoms with E-state index < -0.39 is 0 Å². The van der Waals surface area contributed by atoms with Crippen LogP contribution in [0.4, 0.5) is 17.5 Å². The van der Waals surface area contributed by atoms with Gasteiger partial charge in [-0.2, -0.15) is 9.97 Å². The molecular formula is C11H18ClN5O2. The summed E-state index contributed by atoms with van der Waals surface area (Å²) in [5.41, 5.74) is 11.6. The van der Waals surface area contributed by atoms with E-state index in [1.165, 1.54) is 0 Å². The average Bonchev–Trinajstić information content (AvgIpc) is 2.77. The Morgan fingerprint density at radius 3 is 2.58 bits per heavy atom. The molecule has 1 saturated carbocycles. The standard InChI is InChI=1S/C11H18ClN5O2/c12-9-8(13)10(17-11(14)16-9)15-7-2-5(3-18)1-6(7)4-19/h5-7,18-19H,1-4,13H2,(H3,14,15,16,17)/t5-,6+,7-/m1/s1. The highest BCUT2D eigenvalue weighted by atomic mass is 35.5. The summed E-state index contributed by atoms with van der Waals surface area (Å²) in [6, 6.07) is -0.0187. The number of halogens is 1. The number of nitrogen functional groups attached to an aromatic ring is 2. The van der Waals surface area contributed by atoms with Gasteiger partial charge in [0.1, 0.15) is 5.69 Å². The topological polar surface area (TPSA) is 130 Å². The summed E-state index contributed by atoms with van der Waals surface area (Å²) < 4.78 is 0. The number of hydrogen-bond donors (Lipinski definition) is 5. The number of aromatic nitrogens is 2. The summed E-state index contributed by atoms with van der Waals surface area (Å²) in [6.07, 6.45) is 1.50. The highest BCUT2D eigenvalue weighted by molar-refractivity contribution is 6.32. The molecule has 106 valence electrons. The van der Waals surface area contributed by atoms with E-state index >= 15 is 0 Å². The molecule has 0 unspecified atom stereocenters. The van der Waals surface area contributed by atoms with Crippen molar-refractivity contribution in [3.05, 3.63) is 5.15 Å². The second-order valence-electron chi connectivity index (χ2n) is 4.85. The molecule has 3 atom stereocenters. The molecule has 0 spiro atoms. The first-order valence-corrected chi connectivity index (χ1v) is 6.49. The Kier molecular flexibility index (Phi) is 4.28. The van der Waals surface area contributed by atoms with Gasteiger partial charge >= 0.3 is 0 Å². The number of anilines is 3. The molecule has 7 nitrogen and oxygen atoms in total. The molecule has 8 heteroatoms. The first-order valence-electron chi connectivity index (χ1n) is 6.11. The first-order chi connectivity index (χ1) is 9.05. The number of aliphatic hydroxyl groups excluding tert-OH is 2. The van der Waals surface area contributed by atoms with Crippen LogP contribution in [0.1, 0.15) is 12.8 Å². The monoisotopic (exact) mass is 287 g/mol. The lowest BCUT2D eigenvalue weighted by molar-refractivity contribution is 0.201. The van der Waals surface area contributed by atoms with Crippen molar-refractivity contribution in [3.8, 4) is 0 Å². The molecule has 1 heterocycles. The second-order valence-corrected chi connectivity index (χ2v) is 5.21. The SMILES string of the molecule is Nc1nc(Cl)c(N)c(N[C@@H]2C[C@H](CO)C[C@H]2CO)n1. The number of hydrogen-bond acceptors (Lipinski definition) is 7. The van der Waals surface area contributed by atoms with Gasteiger partial charge in [0, 0.05) is 25.2 Å². The Morgan fingerprint density at radius 2 is 1.95 bits per heavy atom. The summed E-state index contributed by atoms with van der Waals surface area (Å²) in [5, 5.41) is 21.8. The van der Waals surface area contributed by atoms with Crippen LogP contribution in [0, 0.1) is 11.8 Å². The Morgan fingerprint density at radius 1 is 1.21 bits per heavy atom. The van der Waals surface area contributed by atoms with Gasteiger partial charge in [0.2, 0.25) is 5.95 Å². The minimum atomic E-state index is -0.0187. The van der Waals surface area contributed by atoms with Crippen molar-refractivity contribution in [2.75, 3.05) is 30.0 Å². The number of nitrogens with one attached hydrogen (secondary N) is 1. The van der Waals surface area contributed by atoms with Crippen molar-refractivity contribution < 1.29 is 10.2 Å². The number of aliphatic hydroxyl groups is 2. The molecule has 1 aromatic heterocycles. The zero-order valence-electron chi connectivity index (χ0n) is 10.4. The Labute approximate surface area is 116 Å². The molecule has 0 aliphatic heterocycles. The molecule has 0 saturated heterocycles. The van der Waals surface area contributed by atoms with E-state index in [0.717, 1.165) is 12.8 Å². The maximum Gasteiger partial charge on any atom is 0.223 e. The zero-order chi connectivity index (χ0) is 14.0. The van der Waals surface area contributed by atoms with Gasteiger partial charge in [-0.1, -0.05) is 11.6 Å². The van der Waals surface area contributed by atoms with Crippen LogP contribution in [-0.2, 0) is 0 Å². The van der Waals surface area contributed by atoms with E-state index in [-0.39, 0.29) is 47.9 Å². The van der Waals surface area contributed by atoms with Gasteiger partial charge in [0.05, 0.1) is 0 Å². The second kappa shape index (κ2) is 5.77. The van der Waals surface area contributed by atoms with Crippen LogP contribution in [0.15, 0.2) is 0 Å². The number of rotatable bonds is 4. The third kappa shape index (κ3) is 2.99. The molecule has 0 bridgehead atoms. The van der Waals surface area contributed by atoms with Crippen LogP contribution in [0.2, 0.25) is 5.15 Å². The van der Waals surface area contributed by atoms with Crippen LogP contribution in [-0.4, -0.2) is 39.4 Å². The van der Waals surface area contributed by atoms with Crippen LogP contribution in [0.5, 0.6) is 0 Å². The quantitative estimate of drug-likeness (QED) is 0.496. The Bertz CT molecular complexity index is 459. The summed E-state index contributed by atoms with van der Waals surface area (Å²) in [6.45, 7) is 0.152. The molecule has 2 rings (SSSR count). The van der Waals surface area contributed by atoms with Crippen LogP contribution in [0.3, 0.4) is 0 Å². The molecule has 1 fully saturated rings.